The molecule has 1 aliphatic rings. The monoisotopic (exact) mass is 265 g/mol. The van der Waals surface area contributed by atoms with Gasteiger partial charge in [-0.3, -0.25) is 0 Å². The van der Waals surface area contributed by atoms with E-state index < -0.39 is 0 Å². The molecule has 19 heavy (non-hydrogen) atoms. The third kappa shape index (κ3) is 3.34. The van der Waals surface area contributed by atoms with Crippen LogP contribution in [-0.2, 0) is 6.54 Å². The standard InChI is InChI=1S/C16H24FNO/c1-16(2)9-8-13(15(16)19)11-18(3)10-12-6-4-5-7-14(12)17/h4-7,13,15,19H,8-11H2,1-3H3. The Morgan fingerprint density at radius 1 is 1.37 bits per heavy atom. The van der Waals surface area contributed by atoms with E-state index in [-0.39, 0.29) is 17.3 Å². The van der Waals surface area contributed by atoms with Crippen molar-refractivity contribution < 1.29 is 9.50 Å². The lowest BCUT2D eigenvalue weighted by Crippen LogP contribution is -2.34. The van der Waals surface area contributed by atoms with E-state index >= 15 is 0 Å². The fourth-order valence-corrected chi connectivity index (χ4v) is 3.07. The fourth-order valence-electron chi connectivity index (χ4n) is 3.07. The first kappa shape index (κ1) is 14.5. The first-order chi connectivity index (χ1) is 8.90. The van der Waals surface area contributed by atoms with Crippen molar-refractivity contribution in [3.63, 3.8) is 0 Å². The third-order valence-electron chi connectivity index (χ3n) is 4.35. The lowest BCUT2D eigenvalue weighted by Gasteiger charge is -2.28. The smallest absolute Gasteiger partial charge is 0.127 e. The van der Waals surface area contributed by atoms with E-state index in [1.54, 1.807) is 6.07 Å². The highest BCUT2D eigenvalue weighted by Gasteiger charge is 2.40. The minimum atomic E-state index is -0.254. The lowest BCUT2D eigenvalue weighted by molar-refractivity contribution is 0.0347. The van der Waals surface area contributed by atoms with E-state index in [1.165, 1.54) is 6.07 Å². The van der Waals surface area contributed by atoms with Gasteiger partial charge in [0.1, 0.15) is 5.82 Å². The molecule has 0 heterocycles. The summed E-state index contributed by atoms with van der Waals surface area (Å²) in [5.41, 5.74) is 0.737. The minimum Gasteiger partial charge on any atom is -0.392 e. The van der Waals surface area contributed by atoms with Gasteiger partial charge in [-0.05, 0) is 37.3 Å². The molecule has 0 spiro atoms. The molecule has 1 saturated carbocycles. The van der Waals surface area contributed by atoms with Gasteiger partial charge in [-0.2, -0.15) is 0 Å². The van der Waals surface area contributed by atoms with E-state index in [0.29, 0.717) is 12.5 Å². The molecular weight excluding hydrogens is 241 g/mol. The molecule has 1 aliphatic carbocycles. The number of hydrogen-bond acceptors (Lipinski definition) is 2. The predicted molar refractivity (Wildman–Crippen MR) is 75.2 cm³/mol. The van der Waals surface area contributed by atoms with Gasteiger partial charge in [0.05, 0.1) is 6.10 Å². The molecule has 2 atom stereocenters. The van der Waals surface area contributed by atoms with Crippen molar-refractivity contribution in [3.8, 4) is 0 Å². The summed E-state index contributed by atoms with van der Waals surface area (Å²) in [6.45, 7) is 5.65. The first-order valence-electron chi connectivity index (χ1n) is 7.00. The third-order valence-corrected chi connectivity index (χ3v) is 4.35. The molecule has 0 amide bonds. The van der Waals surface area contributed by atoms with Gasteiger partial charge in [0.2, 0.25) is 0 Å². The Morgan fingerprint density at radius 3 is 2.63 bits per heavy atom. The topological polar surface area (TPSA) is 23.5 Å². The van der Waals surface area contributed by atoms with Gasteiger partial charge >= 0.3 is 0 Å². The predicted octanol–water partition coefficient (Wildman–Crippen LogP) is 3.05. The van der Waals surface area contributed by atoms with Crippen LogP contribution in [0.4, 0.5) is 4.39 Å². The zero-order chi connectivity index (χ0) is 14.0. The maximum absolute atomic E-state index is 13.6. The van der Waals surface area contributed by atoms with Gasteiger partial charge in [0.25, 0.3) is 0 Å². The summed E-state index contributed by atoms with van der Waals surface area (Å²) in [6, 6.07) is 6.89. The summed E-state index contributed by atoms with van der Waals surface area (Å²) in [6.07, 6.45) is 1.86. The van der Waals surface area contributed by atoms with Crippen LogP contribution in [0.3, 0.4) is 0 Å². The zero-order valence-electron chi connectivity index (χ0n) is 12.1. The second-order valence-corrected chi connectivity index (χ2v) is 6.52. The molecule has 1 aromatic carbocycles. The van der Waals surface area contributed by atoms with Gasteiger partial charge in [0, 0.05) is 18.7 Å². The van der Waals surface area contributed by atoms with Crippen LogP contribution in [-0.4, -0.2) is 29.7 Å². The zero-order valence-corrected chi connectivity index (χ0v) is 12.1. The fraction of sp³-hybridized carbons (Fsp3) is 0.625. The molecule has 0 aromatic heterocycles. The summed E-state index contributed by atoms with van der Waals surface area (Å²) in [5.74, 6) is 0.147. The van der Waals surface area contributed by atoms with Crippen LogP contribution >= 0.6 is 0 Å². The van der Waals surface area contributed by atoms with Gasteiger partial charge in [-0.1, -0.05) is 32.0 Å². The molecule has 0 bridgehead atoms. The van der Waals surface area contributed by atoms with Gasteiger partial charge < -0.3 is 10.0 Å². The summed E-state index contributed by atoms with van der Waals surface area (Å²) in [7, 11) is 1.99. The molecule has 1 fully saturated rings. The second kappa shape index (κ2) is 5.59. The molecule has 3 heteroatoms. The van der Waals surface area contributed by atoms with Crippen LogP contribution < -0.4 is 0 Å². The maximum Gasteiger partial charge on any atom is 0.127 e. The Morgan fingerprint density at radius 2 is 2.05 bits per heavy atom. The molecular formula is C16H24FNO. The summed E-state index contributed by atoms with van der Waals surface area (Å²) in [5, 5.41) is 10.3. The maximum atomic E-state index is 13.6. The minimum absolute atomic E-state index is 0.0174. The number of hydrogen-bond donors (Lipinski definition) is 1. The van der Waals surface area contributed by atoms with Crippen molar-refractivity contribution in [3.05, 3.63) is 35.6 Å². The molecule has 0 saturated heterocycles. The van der Waals surface area contributed by atoms with Crippen molar-refractivity contribution >= 4 is 0 Å². The Balaban J connectivity index is 1.92. The first-order valence-corrected chi connectivity index (χ1v) is 7.00. The molecule has 2 rings (SSSR count). The Bertz CT molecular complexity index is 433. The lowest BCUT2D eigenvalue weighted by atomic mass is 9.87. The van der Waals surface area contributed by atoms with Crippen molar-refractivity contribution in [2.75, 3.05) is 13.6 Å². The highest BCUT2D eigenvalue weighted by molar-refractivity contribution is 5.17. The van der Waals surface area contributed by atoms with E-state index in [2.05, 4.69) is 18.7 Å². The molecule has 1 N–H and O–H groups in total. The van der Waals surface area contributed by atoms with Crippen LogP contribution in [0, 0.1) is 17.2 Å². The van der Waals surface area contributed by atoms with Gasteiger partial charge in [-0.25, -0.2) is 4.39 Å². The van der Waals surface area contributed by atoms with Gasteiger partial charge in [0.15, 0.2) is 0 Å². The Hall–Kier alpha value is -0.930. The molecule has 1 aromatic rings. The summed E-state index contributed by atoms with van der Waals surface area (Å²) >= 11 is 0. The number of nitrogens with zero attached hydrogens (tertiary/aromatic N) is 1. The molecule has 2 unspecified atom stereocenters. The molecule has 106 valence electrons. The molecule has 0 aliphatic heterocycles. The molecule has 0 radical (unpaired) electrons. The van der Waals surface area contributed by atoms with E-state index in [4.69, 9.17) is 0 Å². The average Bonchev–Trinajstić information content (AvgIpc) is 2.59. The van der Waals surface area contributed by atoms with Gasteiger partial charge in [-0.15, -0.1) is 0 Å². The number of halogens is 1. The highest BCUT2D eigenvalue weighted by Crippen LogP contribution is 2.41. The van der Waals surface area contributed by atoms with Crippen molar-refractivity contribution in [1.29, 1.82) is 0 Å². The van der Waals surface area contributed by atoms with E-state index in [1.807, 2.05) is 19.2 Å². The summed E-state index contributed by atoms with van der Waals surface area (Å²) in [4.78, 5) is 2.10. The molecule has 2 nitrogen and oxygen atoms in total. The van der Waals surface area contributed by atoms with Crippen LogP contribution in [0.5, 0.6) is 0 Å². The highest BCUT2D eigenvalue weighted by atomic mass is 19.1. The van der Waals surface area contributed by atoms with Crippen LogP contribution in [0.25, 0.3) is 0 Å². The van der Waals surface area contributed by atoms with Crippen LogP contribution in [0.2, 0.25) is 0 Å². The number of aliphatic hydroxyl groups is 1. The van der Waals surface area contributed by atoms with E-state index in [9.17, 15) is 9.50 Å². The number of benzene rings is 1. The van der Waals surface area contributed by atoms with Crippen LogP contribution in [0.1, 0.15) is 32.3 Å². The Kier molecular flexibility index (Phi) is 4.26. The number of aliphatic hydroxyl groups excluding tert-OH is 1. The second-order valence-electron chi connectivity index (χ2n) is 6.52. The Labute approximate surface area is 115 Å². The van der Waals surface area contributed by atoms with Crippen molar-refractivity contribution in [2.45, 2.75) is 39.3 Å². The normalized spacial score (nSPS) is 26.0. The SMILES string of the molecule is CN(Cc1ccccc1F)CC1CCC(C)(C)C1O. The largest absolute Gasteiger partial charge is 0.392 e. The van der Waals surface area contributed by atoms with E-state index in [0.717, 1.165) is 24.9 Å². The van der Waals surface area contributed by atoms with Crippen molar-refractivity contribution in [2.24, 2.45) is 11.3 Å². The average molecular weight is 265 g/mol. The summed E-state index contributed by atoms with van der Waals surface area (Å²) < 4.78 is 13.6. The van der Waals surface area contributed by atoms with Crippen LogP contribution in [0.15, 0.2) is 24.3 Å². The van der Waals surface area contributed by atoms with Crippen molar-refractivity contribution in [1.82, 2.24) is 4.90 Å². The number of rotatable bonds is 4. The quantitative estimate of drug-likeness (QED) is 0.904.